The largest absolute Gasteiger partial charge is 0.454 e. The van der Waals surface area contributed by atoms with Crippen LogP contribution in [0.15, 0.2) is 18.2 Å². The molecule has 30 heavy (non-hydrogen) atoms. The maximum atomic E-state index is 12.6. The first kappa shape index (κ1) is 22.0. The van der Waals surface area contributed by atoms with Gasteiger partial charge in [0.15, 0.2) is 6.61 Å². The lowest BCUT2D eigenvalue weighted by Crippen LogP contribution is -2.45. The Morgan fingerprint density at radius 1 is 1.10 bits per heavy atom. The number of benzene rings is 1. The Bertz CT molecular complexity index is 839. The van der Waals surface area contributed by atoms with E-state index in [9.17, 15) is 19.2 Å². The van der Waals surface area contributed by atoms with E-state index < -0.39 is 24.5 Å². The Balaban J connectivity index is 1.60. The van der Waals surface area contributed by atoms with Crippen LogP contribution in [-0.2, 0) is 23.9 Å². The molecule has 1 saturated carbocycles. The number of rotatable bonds is 6. The van der Waals surface area contributed by atoms with Crippen LogP contribution in [0.4, 0.5) is 5.69 Å². The third-order valence-electron chi connectivity index (χ3n) is 6.14. The number of ether oxygens (including phenoxy) is 1. The molecule has 3 atom stereocenters. The molecule has 0 spiro atoms. The van der Waals surface area contributed by atoms with E-state index in [4.69, 9.17) is 4.74 Å². The van der Waals surface area contributed by atoms with E-state index >= 15 is 0 Å². The summed E-state index contributed by atoms with van der Waals surface area (Å²) in [7, 11) is 0. The van der Waals surface area contributed by atoms with Crippen LogP contribution in [0.25, 0.3) is 0 Å². The highest BCUT2D eigenvalue weighted by Gasteiger charge is 2.51. The molecule has 2 aliphatic rings. The van der Waals surface area contributed by atoms with Gasteiger partial charge in [0.2, 0.25) is 11.8 Å². The quantitative estimate of drug-likeness (QED) is 0.570. The number of para-hydroxylation sites is 1. The van der Waals surface area contributed by atoms with Crippen LogP contribution in [0, 0.1) is 18.8 Å². The van der Waals surface area contributed by atoms with Crippen LogP contribution in [0.3, 0.4) is 0 Å². The van der Waals surface area contributed by atoms with Crippen LogP contribution in [0.2, 0.25) is 0 Å². The lowest BCUT2D eigenvalue weighted by Gasteiger charge is -2.21. The van der Waals surface area contributed by atoms with Crippen molar-refractivity contribution in [2.75, 3.05) is 11.9 Å². The van der Waals surface area contributed by atoms with Crippen molar-refractivity contribution in [3.05, 3.63) is 29.3 Å². The highest BCUT2D eigenvalue weighted by molar-refractivity contribution is 6.08. The molecule has 1 heterocycles. The van der Waals surface area contributed by atoms with Gasteiger partial charge in [-0.1, -0.05) is 44.9 Å². The Hall–Kier alpha value is -2.70. The molecule has 7 heteroatoms. The smallest absolute Gasteiger partial charge is 0.329 e. The number of aryl methyl sites for hydroxylation is 1. The highest BCUT2D eigenvalue weighted by atomic mass is 16.5. The fourth-order valence-electron chi connectivity index (χ4n) is 4.45. The fraction of sp³-hybridized carbons (Fsp3) is 0.565. The number of amides is 3. The van der Waals surface area contributed by atoms with Crippen molar-refractivity contribution in [2.45, 2.75) is 65.3 Å². The SMILES string of the molecule is Cc1cccc(C(C)C)c1NC(=O)COC(=O)[C@H](C)N1C(=O)[C@@H]2CCCC[C@H]2C1=O. The van der Waals surface area contributed by atoms with Gasteiger partial charge in [-0.25, -0.2) is 4.79 Å². The first-order chi connectivity index (χ1) is 14.2. The molecular formula is C23H30N2O5. The highest BCUT2D eigenvalue weighted by Crippen LogP contribution is 2.39. The molecule has 0 unspecified atom stereocenters. The summed E-state index contributed by atoms with van der Waals surface area (Å²) in [6.07, 6.45) is 3.21. The van der Waals surface area contributed by atoms with Gasteiger partial charge >= 0.3 is 5.97 Å². The molecule has 3 amide bonds. The zero-order chi connectivity index (χ0) is 22.0. The summed E-state index contributed by atoms with van der Waals surface area (Å²) in [5.74, 6) is -2.21. The average Bonchev–Trinajstić information content (AvgIpc) is 2.97. The van der Waals surface area contributed by atoms with Crippen molar-refractivity contribution in [2.24, 2.45) is 11.8 Å². The summed E-state index contributed by atoms with van der Waals surface area (Å²) in [5.41, 5.74) is 2.64. The molecule has 1 aliphatic carbocycles. The number of hydrogen-bond acceptors (Lipinski definition) is 5. The molecule has 7 nitrogen and oxygen atoms in total. The Labute approximate surface area is 177 Å². The normalized spacial score (nSPS) is 22.1. The number of anilines is 1. The Morgan fingerprint density at radius 2 is 1.70 bits per heavy atom. The minimum Gasteiger partial charge on any atom is -0.454 e. The molecule has 0 aromatic heterocycles. The van der Waals surface area contributed by atoms with Gasteiger partial charge in [-0.2, -0.15) is 0 Å². The van der Waals surface area contributed by atoms with Gasteiger partial charge in [-0.05, 0) is 43.7 Å². The molecule has 1 aliphatic heterocycles. The van der Waals surface area contributed by atoms with E-state index in [1.54, 1.807) is 0 Å². The average molecular weight is 415 g/mol. The van der Waals surface area contributed by atoms with Gasteiger partial charge < -0.3 is 10.1 Å². The number of esters is 1. The lowest BCUT2D eigenvalue weighted by atomic mass is 9.81. The van der Waals surface area contributed by atoms with Crippen molar-refractivity contribution in [3.8, 4) is 0 Å². The Morgan fingerprint density at radius 3 is 2.27 bits per heavy atom. The third-order valence-corrected chi connectivity index (χ3v) is 6.14. The molecule has 1 N–H and O–H groups in total. The van der Waals surface area contributed by atoms with E-state index in [2.05, 4.69) is 5.32 Å². The summed E-state index contributed by atoms with van der Waals surface area (Å²) in [4.78, 5) is 51.2. The zero-order valence-electron chi connectivity index (χ0n) is 18.1. The van der Waals surface area contributed by atoms with Crippen molar-refractivity contribution in [3.63, 3.8) is 0 Å². The van der Waals surface area contributed by atoms with Crippen molar-refractivity contribution < 1.29 is 23.9 Å². The minimum absolute atomic E-state index is 0.221. The fourth-order valence-corrected chi connectivity index (χ4v) is 4.45. The lowest BCUT2D eigenvalue weighted by molar-refractivity contribution is -0.159. The third kappa shape index (κ3) is 4.25. The summed E-state index contributed by atoms with van der Waals surface area (Å²) in [5, 5.41) is 2.82. The molecule has 0 radical (unpaired) electrons. The van der Waals surface area contributed by atoms with Gasteiger partial charge in [0.1, 0.15) is 6.04 Å². The van der Waals surface area contributed by atoms with Crippen molar-refractivity contribution in [1.29, 1.82) is 0 Å². The van der Waals surface area contributed by atoms with Crippen molar-refractivity contribution in [1.82, 2.24) is 4.90 Å². The van der Waals surface area contributed by atoms with Crippen LogP contribution < -0.4 is 5.32 Å². The second-order valence-corrected chi connectivity index (χ2v) is 8.57. The number of likely N-dealkylation sites (tertiary alicyclic amines) is 1. The molecule has 1 saturated heterocycles. The second-order valence-electron chi connectivity index (χ2n) is 8.57. The first-order valence-electron chi connectivity index (χ1n) is 10.6. The van der Waals surface area contributed by atoms with E-state index in [-0.39, 0.29) is 29.6 Å². The van der Waals surface area contributed by atoms with Gasteiger partial charge in [-0.15, -0.1) is 0 Å². The summed E-state index contributed by atoms with van der Waals surface area (Å²) < 4.78 is 5.14. The number of fused-ring (bicyclic) bond motifs is 1. The van der Waals surface area contributed by atoms with Crippen molar-refractivity contribution >= 4 is 29.4 Å². The monoisotopic (exact) mass is 414 g/mol. The molecule has 0 bridgehead atoms. The molecule has 1 aromatic rings. The van der Waals surface area contributed by atoms with Crippen LogP contribution >= 0.6 is 0 Å². The number of nitrogens with one attached hydrogen (secondary N) is 1. The summed E-state index contributed by atoms with van der Waals surface area (Å²) in [6, 6.07) is 4.75. The van der Waals surface area contributed by atoms with Crippen LogP contribution in [0.5, 0.6) is 0 Å². The van der Waals surface area contributed by atoms with Gasteiger partial charge in [0.05, 0.1) is 11.8 Å². The van der Waals surface area contributed by atoms with Crippen LogP contribution in [0.1, 0.15) is 63.5 Å². The number of nitrogens with zero attached hydrogens (tertiary/aromatic N) is 1. The van der Waals surface area contributed by atoms with Crippen LogP contribution in [-0.4, -0.2) is 41.2 Å². The summed E-state index contributed by atoms with van der Waals surface area (Å²) >= 11 is 0. The Kier molecular flexibility index (Phi) is 6.58. The van der Waals surface area contributed by atoms with E-state index in [0.29, 0.717) is 12.8 Å². The molecular weight excluding hydrogens is 384 g/mol. The number of hydrogen-bond donors (Lipinski definition) is 1. The number of carbonyl (C=O) groups is 4. The maximum absolute atomic E-state index is 12.6. The van der Waals surface area contributed by atoms with Gasteiger partial charge in [0.25, 0.3) is 5.91 Å². The predicted molar refractivity (Wildman–Crippen MR) is 112 cm³/mol. The number of carbonyl (C=O) groups excluding carboxylic acids is 4. The zero-order valence-corrected chi connectivity index (χ0v) is 18.1. The van der Waals surface area contributed by atoms with E-state index in [1.165, 1.54) is 6.92 Å². The minimum atomic E-state index is -1.03. The standard InChI is InChI=1S/C23H30N2O5/c1-13(2)16-11-7-8-14(3)20(16)24-19(26)12-30-23(29)15(4)25-21(27)17-9-5-6-10-18(17)22(25)28/h7-8,11,13,15,17-18H,5-6,9-10,12H2,1-4H3,(H,24,26)/t15-,17+,18+/m0/s1. The van der Waals surface area contributed by atoms with Gasteiger partial charge in [-0.3, -0.25) is 19.3 Å². The van der Waals surface area contributed by atoms with E-state index in [0.717, 1.165) is 34.6 Å². The molecule has 1 aromatic carbocycles. The molecule has 2 fully saturated rings. The predicted octanol–water partition coefficient (Wildman–Crippen LogP) is 3.16. The second kappa shape index (κ2) is 8.98. The molecule has 3 rings (SSSR count). The summed E-state index contributed by atoms with van der Waals surface area (Å²) in [6.45, 7) is 6.98. The number of imide groups is 1. The van der Waals surface area contributed by atoms with Gasteiger partial charge in [0, 0.05) is 5.69 Å². The topological polar surface area (TPSA) is 92.8 Å². The van der Waals surface area contributed by atoms with E-state index in [1.807, 2.05) is 39.0 Å². The maximum Gasteiger partial charge on any atom is 0.329 e. The molecule has 162 valence electrons. The first-order valence-corrected chi connectivity index (χ1v) is 10.6.